The maximum Gasteiger partial charge on any atom is 0.254 e. The van der Waals surface area contributed by atoms with Crippen LogP contribution in [0.15, 0.2) is 42.5 Å². The van der Waals surface area contributed by atoms with Crippen LogP contribution in [0.5, 0.6) is 0 Å². The Hall–Kier alpha value is -3.75. The van der Waals surface area contributed by atoms with E-state index in [1.54, 1.807) is 19.1 Å². The van der Waals surface area contributed by atoms with Gasteiger partial charge in [-0.25, -0.2) is 4.39 Å². The third-order valence-electron chi connectivity index (χ3n) is 7.33. The predicted octanol–water partition coefficient (Wildman–Crippen LogP) is 3.04. The van der Waals surface area contributed by atoms with Crippen LogP contribution in [-0.4, -0.2) is 78.6 Å². The van der Waals surface area contributed by atoms with Gasteiger partial charge in [-0.2, -0.15) is 0 Å². The van der Waals surface area contributed by atoms with Crippen LogP contribution in [0.4, 0.5) is 10.1 Å². The number of aryl methyl sites for hydroxylation is 1. The van der Waals surface area contributed by atoms with Crippen molar-refractivity contribution in [2.75, 3.05) is 32.1 Å². The summed E-state index contributed by atoms with van der Waals surface area (Å²) < 4.78 is 13.7. The van der Waals surface area contributed by atoms with Crippen molar-refractivity contribution in [3.05, 3.63) is 65.0 Å². The first kappa shape index (κ1) is 27.3. The van der Waals surface area contributed by atoms with Crippen molar-refractivity contribution in [2.24, 2.45) is 5.92 Å². The fraction of sp³-hybridized carbons (Fsp3) is 0.448. The molecule has 0 spiro atoms. The number of amides is 3. The lowest BCUT2D eigenvalue weighted by atomic mass is 10.0. The largest absolute Gasteiger partial charge is 0.378 e. The summed E-state index contributed by atoms with van der Waals surface area (Å²) in [7, 11) is 3.82. The number of carbonyl (C=O) groups is 4. The molecule has 202 valence electrons. The first-order chi connectivity index (χ1) is 18.0. The molecule has 0 saturated carbocycles. The minimum Gasteiger partial charge on any atom is -0.378 e. The minimum atomic E-state index is -0.799. The van der Waals surface area contributed by atoms with E-state index in [1.807, 2.05) is 45.0 Å². The lowest BCUT2D eigenvalue weighted by Crippen LogP contribution is -2.53. The second-order valence-electron chi connectivity index (χ2n) is 10.8. The van der Waals surface area contributed by atoms with Gasteiger partial charge in [-0.1, -0.05) is 13.8 Å². The summed E-state index contributed by atoms with van der Waals surface area (Å²) in [6.45, 7) is 5.73. The zero-order valence-corrected chi connectivity index (χ0v) is 22.5. The molecule has 2 aliphatic heterocycles. The predicted molar refractivity (Wildman–Crippen MR) is 143 cm³/mol. The van der Waals surface area contributed by atoms with Crippen molar-refractivity contribution in [1.29, 1.82) is 0 Å². The van der Waals surface area contributed by atoms with Crippen molar-refractivity contribution in [3.8, 4) is 0 Å². The standard InChI is InChI=1S/C29H35FN4O4/c1-17(2)14-23(31-27(36)19-6-9-21(10-7-19)32(4)5)29(38)33-13-12-24-26(33)25(35)16-34(24)28(37)20-8-11-22(30)18(3)15-20/h6-11,15,17,23-24,26H,12-14,16H2,1-5H3,(H,31,36)/t23-,24?,26-/m0/s1. The van der Waals surface area contributed by atoms with Gasteiger partial charge >= 0.3 is 0 Å². The zero-order chi connectivity index (χ0) is 27.7. The molecule has 38 heavy (non-hydrogen) atoms. The number of carbonyl (C=O) groups excluding carboxylic acids is 4. The van der Waals surface area contributed by atoms with Crippen LogP contribution < -0.4 is 10.2 Å². The number of anilines is 1. The van der Waals surface area contributed by atoms with E-state index in [0.717, 1.165) is 5.69 Å². The Balaban J connectivity index is 1.50. The van der Waals surface area contributed by atoms with Gasteiger partial charge in [0.2, 0.25) is 5.91 Å². The fourth-order valence-corrected chi connectivity index (χ4v) is 5.33. The minimum absolute atomic E-state index is 0.103. The summed E-state index contributed by atoms with van der Waals surface area (Å²) in [5.74, 6) is -1.51. The number of Topliss-reactive ketones (excluding diaryl/α,β-unsaturated/α-hetero) is 1. The van der Waals surface area contributed by atoms with Gasteiger partial charge in [0.05, 0.1) is 12.6 Å². The Morgan fingerprint density at radius 1 is 1.05 bits per heavy atom. The quantitative estimate of drug-likeness (QED) is 0.604. The monoisotopic (exact) mass is 522 g/mol. The third kappa shape index (κ3) is 5.42. The van der Waals surface area contributed by atoms with E-state index in [1.165, 1.54) is 28.0 Å². The highest BCUT2D eigenvalue weighted by molar-refractivity contribution is 6.03. The molecule has 1 unspecified atom stereocenters. The summed E-state index contributed by atoms with van der Waals surface area (Å²) in [6.07, 6.45) is 0.877. The number of fused-ring (bicyclic) bond motifs is 1. The van der Waals surface area contributed by atoms with Crippen molar-refractivity contribution in [3.63, 3.8) is 0 Å². The lowest BCUT2D eigenvalue weighted by molar-refractivity contribution is -0.138. The van der Waals surface area contributed by atoms with E-state index in [-0.39, 0.29) is 36.0 Å². The molecule has 2 saturated heterocycles. The summed E-state index contributed by atoms with van der Waals surface area (Å²) in [6, 6.07) is 9.25. The van der Waals surface area contributed by atoms with Gasteiger partial charge in [-0.05, 0) is 73.7 Å². The Bertz CT molecular complexity index is 1240. The van der Waals surface area contributed by atoms with E-state index in [4.69, 9.17) is 0 Å². The molecule has 2 aliphatic rings. The first-order valence-corrected chi connectivity index (χ1v) is 13.0. The van der Waals surface area contributed by atoms with Gasteiger partial charge in [0.1, 0.15) is 17.9 Å². The van der Waals surface area contributed by atoms with Gasteiger partial charge in [0.25, 0.3) is 11.8 Å². The topological polar surface area (TPSA) is 90.0 Å². The van der Waals surface area contributed by atoms with E-state index >= 15 is 0 Å². The van der Waals surface area contributed by atoms with E-state index < -0.39 is 23.9 Å². The van der Waals surface area contributed by atoms with E-state index in [2.05, 4.69) is 5.32 Å². The first-order valence-electron chi connectivity index (χ1n) is 13.0. The molecule has 4 rings (SSSR count). The van der Waals surface area contributed by atoms with E-state index in [0.29, 0.717) is 36.1 Å². The van der Waals surface area contributed by atoms with Gasteiger partial charge in [-0.15, -0.1) is 0 Å². The highest BCUT2D eigenvalue weighted by Crippen LogP contribution is 2.32. The SMILES string of the molecule is Cc1cc(C(=O)N2CC(=O)[C@@H]3C2CCN3C(=O)[C@H](CC(C)C)NC(=O)c2ccc(N(C)C)cc2)ccc1F. The highest BCUT2D eigenvalue weighted by Gasteiger charge is 2.52. The molecule has 3 amide bonds. The van der Waals surface area contributed by atoms with Crippen LogP contribution in [0.3, 0.4) is 0 Å². The second-order valence-corrected chi connectivity index (χ2v) is 10.8. The van der Waals surface area contributed by atoms with Gasteiger partial charge < -0.3 is 20.0 Å². The number of ketones is 1. The molecule has 0 aliphatic carbocycles. The van der Waals surface area contributed by atoms with Crippen LogP contribution >= 0.6 is 0 Å². The van der Waals surface area contributed by atoms with Crippen LogP contribution in [0, 0.1) is 18.7 Å². The number of hydrogen-bond acceptors (Lipinski definition) is 5. The number of hydrogen-bond donors (Lipinski definition) is 1. The van der Waals surface area contributed by atoms with Crippen molar-refractivity contribution in [2.45, 2.75) is 51.7 Å². The molecule has 0 bridgehead atoms. The molecule has 3 atom stereocenters. The Kier molecular flexibility index (Phi) is 7.85. The van der Waals surface area contributed by atoms with Crippen LogP contribution in [0.25, 0.3) is 0 Å². The molecule has 8 nitrogen and oxygen atoms in total. The summed E-state index contributed by atoms with van der Waals surface area (Å²) >= 11 is 0. The molecule has 2 aromatic rings. The summed E-state index contributed by atoms with van der Waals surface area (Å²) in [4.78, 5) is 58.0. The Morgan fingerprint density at radius 3 is 2.32 bits per heavy atom. The smallest absolute Gasteiger partial charge is 0.254 e. The maximum atomic E-state index is 13.7. The van der Waals surface area contributed by atoms with Gasteiger partial charge in [0, 0.05) is 37.5 Å². The summed E-state index contributed by atoms with van der Waals surface area (Å²) in [5.41, 5.74) is 2.06. The Morgan fingerprint density at radius 2 is 1.71 bits per heavy atom. The molecule has 2 aromatic carbocycles. The van der Waals surface area contributed by atoms with Gasteiger partial charge in [0.15, 0.2) is 5.78 Å². The average molecular weight is 523 g/mol. The number of nitrogens with one attached hydrogen (secondary N) is 1. The molecule has 1 N–H and O–H groups in total. The number of halogens is 1. The van der Waals surface area contributed by atoms with Crippen molar-refractivity contribution >= 4 is 29.2 Å². The molecule has 0 radical (unpaired) electrons. The van der Waals surface area contributed by atoms with Crippen molar-refractivity contribution in [1.82, 2.24) is 15.1 Å². The molecule has 0 aromatic heterocycles. The highest BCUT2D eigenvalue weighted by atomic mass is 19.1. The third-order valence-corrected chi connectivity index (χ3v) is 7.33. The molecular formula is C29H35FN4O4. The molecule has 2 heterocycles. The lowest BCUT2D eigenvalue weighted by Gasteiger charge is -2.29. The summed E-state index contributed by atoms with van der Waals surface area (Å²) in [5, 5.41) is 2.88. The van der Waals surface area contributed by atoms with E-state index in [9.17, 15) is 23.6 Å². The fourth-order valence-electron chi connectivity index (χ4n) is 5.33. The number of rotatable bonds is 7. The molecule has 2 fully saturated rings. The average Bonchev–Trinajstić information content (AvgIpc) is 3.45. The molecular weight excluding hydrogens is 487 g/mol. The zero-order valence-electron chi connectivity index (χ0n) is 22.5. The maximum absolute atomic E-state index is 13.7. The normalized spacial score (nSPS) is 19.5. The molecule has 9 heteroatoms. The van der Waals surface area contributed by atoms with Crippen LogP contribution in [-0.2, 0) is 9.59 Å². The second kappa shape index (κ2) is 10.9. The van der Waals surface area contributed by atoms with Crippen LogP contribution in [0.1, 0.15) is 53.0 Å². The number of likely N-dealkylation sites (tertiary alicyclic amines) is 2. The van der Waals surface area contributed by atoms with Crippen LogP contribution in [0.2, 0.25) is 0 Å². The number of benzene rings is 2. The Labute approximate surface area is 222 Å². The van der Waals surface area contributed by atoms with Crippen molar-refractivity contribution < 1.29 is 23.6 Å². The van der Waals surface area contributed by atoms with Gasteiger partial charge in [-0.3, -0.25) is 19.2 Å². The number of nitrogens with zero attached hydrogens (tertiary/aromatic N) is 3.